The molecule has 0 aliphatic carbocycles. The maximum atomic E-state index is 12.7. The first-order chi connectivity index (χ1) is 14.1. The monoisotopic (exact) mass is 404 g/mol. The molecule has 1 N–H and O–H groups in total. The van der Waals surface area contributed by atoms with Gasteiger partial charge in [0.1, 0.15) is 0 Å². The lowest BCUT2D eigenvalue weighted by Crippen LogP contribution is -2.26. The SMILES string of the molecule is CCc1nn(CCCOC(=O)c2cnnn2C)c2c1C(=O)NCCCOCCC2. The highest BCUT2D eigenvalue weighted by atomic mass is 16.5. The first kappa shape index (κ1) is 21.0. The Hall–Kier alpha value is -2.75. The lowest BCUT2D eigenvalue weighted by atomic mass is 10.1. The minimum Gasteiger partial charge on any atom is -0.461 e. The number of esters is 1. The second-order valence-corrected chi connectivity index (χ2v) is 6.90. The fourth-order valence-corrected chi connectivity index (χ4v) is 3.34. The zero-order valence-corrected chi connectivity index (χ0v) is 17.0. The first-order valence-electron chi connectivity index (χ1n) is 10.1. The summed E-state index contributed by atoms with van der Waals surface area (Å²) >= 11 is 0. The van der Waals surface area contributed by atoms with Gasteiger partial charge in [0.15, 0.2) is 5.69 Å². The molecule has 2 aromatic heterocycles. The summed E-state index contributed by atoms with van der Waals surface area (Å²) in [6.45, 7) is 4.71. The van der Waals surface area contributed by atoms with E-state index in [-0.39, 0.29) is 12.5 Å². The zero-order chi connectivity index (χ0) is 20.6. The van der Waals surface area contributed by atoms with E-state index in [2.05, 4.69) is 20.7 Å². The van der Waals surface area contributed by atoms with Gasteiger partial charge in [0.05, 0.1) is 29.8 Å². The van der Waals surface area contributed by atoms with Gasteiger partial charge in [0.2, 0.25) is 0 Å². The smallest absolute Gasteiger partial charge is 0.358 e. The molecule has 3 heterocycles. The van der Waals surface area contributed by atoms with Crippen molar-refractivity contribution < 1.29 is 19.1 Å². The third-order valence-electron chi connectivity index (χ3n) is 4.82. The molecule has 0 fully saturated rings. The van der Waals surface area contributed by atoms with Crippen molar-refractivity contribution in [3.63, 3.8) is 0 Å². The summed E-state index contributed by atoms with van der Waals surface area (Å²) in [7, 11) is 1.64. The lowest BCUT2D eigenvalue weighted by Gasteiger charge is -2.10. The summed E-state index contributed by atoms with van der Waals surface area (Å²) in [4.78, 5) is 24.8. The molecule has 0 aromatic carbocycles. The summed E-state index contributed by atoms with van der Waals surface area (Å²) in [5.41, 5.74) is 2.72. The number of aryl methyl sites for hydroxylation is 3. The van der Waals surface area contributed by atoms with E-state index in [4.69, 9.17) is 9.47 Å². The van der Waals surface area contributed by atoms with Gasteiger partial charge in [0.25, 0.3) is 5.91 Å². The second kappa shape index (κ2) is 10.1. The van der Waals surface area contributed by atoms with Crippen LogP contribution in [0, 0.1) is 0 Å². The van der Waals surface area contributed by atoms with E-state index >= 15 is 0 Å². The third kappa shape index (κ3) is 5.20. The van der Waals surface area contributed by atoms with Crippen LogP contribution < -0.4 is 5.32 Å². The van der Waals surface area contributed by atoms with E-state index < -0.39 is 5.97 Å². The molecule has 2 aromatic rings. The highest BCUT2D eigenvalue weighted by Gasteiger charge is 2.23. The molecule has 158 valence electrons. The average molecular weight is 404 g/mol. The van der Waals surface area contributed by atoms with Gasteiger partial charge < -0.3 is 14.8 Å². The van der Waals surface area contributed by atoms with Gasteiger partial charge in [0, 0.05) is 39.8 Å². The number of nitrogens with one attached hydrogen (secondary N) is 1. The van der Waals surface area contributed by atoms with Crippen LogP contribution in [0.4, 0.5) is 0 Å². The molecule has 29 heavy (non-hydrogen) atoms. The van der Waals surface area contributed by atoms with Crippen LogP contribution in [-0.4, -0.2) is 63.0 Å². The van der Waals surface area contributed by atoms with Crippen LogP contribution in [0.15, 0.2) is 6.20 Å². The van der Waals surface area contributed by atoms with Crippen molar-refractivity contribution in [3.05, 3.63) is 28.8 Å². The van der Waals surface area contributed by atoms with Gasteiger partial charge >= 0.3 is 5.97 Å². The molecule has 0 bridgehead atoms. The van der Waals surface area contributed by atoms with E-state index in [1.807, 2.05) is 11.6 Å². The van der Waals surface area contributed by atoms with Crippen molar-refractivity contribution in [2.45, 2.75) is 45.6 Å². The number of amides is 1. The Morgan fingerprint density at radius 3 is 2.93 bits per heavy atom. The molecule has 0 radical (unpaired) electrons. The molecule has 1 amide bonds. The number of hydrogen-bond acceptors (Lipinski definition) is 7. The molecule has 1 aliphatic heterocycles. The summed E-state index contributed by atoms with van der Waals surface area (Å²) < 4.78 is 14.2. The van der Waals surface area contributed by atoms with Gasteiger partial charge in [-0.15, -0.1) is 5.10 Å². The van der Waals surface area contributed by atoms with E-state index in [1.54, 1.807) is 7.05 Å². The standard InChI is InChI=1S/C19H28N6O4/c1-3-14-17-15(7-4-10-28-11-5-8-20-18(17)26)25(22-14)9-6-12-29-19(27)16-13-21-23-24(16)2/h13H,3-12H2,1-2H3,(H,20,26). The quantitative estimate of drug-likeness (QED) is 0.562. The van der Waals surface area contributed by atoms with Crippen molar-refractivity contribution in [1.82, 2.24) is 30.1 Å². The number of carbonyl (C=O) groups excluding carboxylic acids is 2. The molecule has 3 rings (SSSR count). The molecule has 0 spiro atoms. The number of carbonyl (C=O) groups is 2. The van der Waals surface area contributed by atoms with E-state index in [9.17, 15) is 9.59 Å². The molecule has 1 aliphatic rings. The third-order valence-corrected chi connectivity index (χ3v) is 4.82. The first-order valence-corrected chi connectivity index (χ1v) is 10.1. The van der Waals surface area contributed by atoms with Crippen LogP contribution >= 0.6 is 0 Å². The summed E-state index contributed by atoms with van der Waals surface area (Å²) in [6, 6.07) is 0. The van der Waals surface area contributed by atoms with Crippen molar-refractivity contribution in [1.29, 1.82) is 0 Å². The van der Waals surface area contributed by atoms with Crippen molar-refractivity contribution in [2.75, 3.05) is 26.4 Å². The number of aromatic nitrogens is 5. The minimum absolute atomic E-state index is 0.0693. The molecular formula is C19H28N6O4. The van der Waals surface area contributed by atoms with Crippen LogP contribution in [-0.2, 0) is 35.9 Å². The van der Waals surface area contributed by atoms with Gasteiger partial charge in [-0.1, -0.05) is 12.1 Å². The van der Waals surface area contributed by atoms with Crippen molar-refractivity contribution >= 4 is 11.9 Å². The summed E-state index contributed by atoms with van der Waals surface area (Å²) in [5, 5.41) is 15.0. The fraction of sp³-hybridized carbons (Fsp3) is 0.632. The zero-order valence-electron chi connectivity index (χ0n) is 17.0. The molecule has 0 saturated heterocycles. The minimum atomic E-state index is -0.456. The number of nitrogens with zero attached hydrogens (tertiary/aromatic N) is 5. The number of ether oxygens (including phenoxy) is 2. The Balaban J connectivity index is 1.66. The molecule has 10 nitrogen and oxygen atoms in total. The van der Waals surface area contributed by atoms with Crippen molar-refractivity contribution in [2.24, 2.45) is 7.05 Å². The Kier molecular flexibility index (Phi) is 7.34. The normalized spacial score (nSPS) is 15.3. The van der Waals surface area contributed by atoms with Crippen LogP contribution in [0.5, 0.6) is 0 Å². The molecular weight excluding hydrogens is 376 g/mol. The fourth-order valence-electron chi connectivity index (χ4n) is 3.34. The summed E-state index contributed by atoms with van der Waals surface area (Å²) in [5.74, 6) is -0.525. The molecule has 10 heteroatoms. The predicted molar refractivity (Wildman–Crippen MR) is 104 cm³/mol. The van der Waals surface area contributed by atoms with Crippen molar-refractivity contribution in [3.8, 4) is 0 Å². The van der Waals surface area contributed by atoms with Gasteiger partial charge in [-0.25, -0.2) is 9.48 Å². The van der Waals surface area contributed by atoms with Crippen LogP contribution in [0.3, 0.4) is 0 Å². The maximum Gasteiger partial charge on any atom is 0.358 e. The molecule has 0 unspecified atom stereocenters. The summed E-state index contributed by atoms with van der Waals surface area (Å²) in [6.07, 6.45) is 5.00. The van der Waals surface area contributed by atoms with E-state index in [0.29, 0.717) is 50.4 Å². The largest absolute Gasteiger partial charge is 0.461 e. The van der Waals surface area contributed by atoms with Crippen LogP contribution in [0.2, 0.25) is 0 Å². The van der Waals surface area contributed by atoms with E-state index in [1.165, 1.54) is 10.9 Å². The second-order valence-electron chi connectivity index (χ2n) is 6.90. The van der Waals surface area contributed by atoms with Gasteiger partial charge in [-0.3, -0.25) is 9.48 Å². The van der Waals surface area contributed by atoms with E-state index in [0.717, 1.165) is 30.7 Å². The highest BCUT2D eigenvalue weighted by molar-refractivity contribution is 5.96. The Morgan fingerprint density at radius 2 is 2.17 bits per heavy atom. The topological polar surface area (TPSA) is 113 Å². The Labute approximate surface area is 169 Å². The van der Waals surface area contributed by atoms with Gasteiger partial charge in [-0.2, -0.15) is 5.10 Å². The number of hydrogen-bond donors (Lipinski definition) is 1. The molecule has 0 atom stereocenters. The molecule has 0 saturated carbocycles. The highest BCUT2D eigenvalue weighted by Crippen LogP contribution is 2.19. The maximum absolute atomic E-state index is 12.7. The number of rotatable bonds is 6. The Morgan fingerprint density at radius 1 is 1.34 bits per heavy atom. The average Bonchev–Trinajstić information content (AvgIpc) is 3.29. The lowest BCUT2D eigenvalue weighted by molar-refractivity contribution is 0.0481. The van der Waals surface area contributed by atoms with Crippen LogP contribution in [0.1, 0.15) is 58.4 Å². The Bertz CT molecular complexity index is 844. The van der Waals surface area contributed by atoms with Gasteiger partial charge in [-0.05, 0) is 25.7 Å². The predicted octanol–water partition coefficient (Wildman–Crippen LogP) is 0.904. The van der Waals surface area contributed by atoms with Crippen LogP contribution in [0.25, 0.3) is 0 Å². The number of fused-ring (bicyclic) bond motifs is 1.